The van der Waals surface area contributed by atoms with Crippen molar-refractivity contribution in [3.8, 4) is 0 Å². The van der Waals surface area contributed by atoms with E-state index in [1.54, 1.807) is 18.5 Å². The number of nitro benzene ring substituents is 1. The normalized spacial score (nSPS) is 11.4. The highest BCUT2D eigenvalue weighted by atomic mass is 19.4. The van der Waals surface area contributed by atoms with E-state index in [9.17, 15) is 28.1 Å². The summed E-state index contributed by atoms with van der Waals surface area (Å²) in [5.74, 6) is -0.989. The number of carbonyl (C=O) groups excluding carboxylic acids is 1. The quantitative estimate of drug-likeness (QED) is 0.440. The number of hydrogen-bond acceptors (Lipinski definition) is 5. The van der Waals surface area contributed by atoms with Gasteiger partial charge in [-0.2, -0.15) is 18.3 Å². The number of aromatic nitrogens is 2. The first kappa shape index (κ1) is 20.1. The Morgan fingerprint density at radius 1 is 1.21 bits per heavy atom. The van der Waals surface area contributed by atoms with Crippen LogP contribution < -0.4 is 0 Å². The molecule has 0 aliphatic carbocycles. The molecule has 3 rings (SSSR count). The van der Waals surface area contributed by atoms with Gasteiger partial charge < -0.3 is 9.32 Å². The maximum Gasteiger partial charge on any atom is 0.406 e. The third-order valence-corrected chi connectivity index (χ3v) is 3.96. The first-order valence-corrected chi connectivity index (χ1v) is 8.37. The lowest BCUT2D eigenvalue weighted by atomic mass is 10.1. The van der Waals surface area contributed by atoms with Gasteiger partial charge in [-0.1, -0.05) is 18.2 Å². The number of halogens is 3. The van der Waals surface area contributed by atoms with Crippen LogP contribution in [0.3, 0.4) is 0 Å². The van der Waals surface area contributed by atoms with Crippen LogP contribution in [-0.2, 0) is 13.1 Å². The molecule has 0 aliphatic heterocycles. The lowest BCUT2D eigenvalue weighted by Gasteiger charge is -2.23. The van der Waals surface area contributed by atoms with E-state index >= 15 is 0 Å². The van der Waals surface area contributed by atoms with Crippen LogP contribution in [-0.4, -0.2) is 38.2 Å². The van der Waals surface area contributed by atoms with Crippen LogP contribution in [0.25, 0.3) is 0 Å². The summed E-state index contributed by atoms with van der Waals surface area (Å²) >= 11 is 0. The zero-order valence-corrected chi connectivity index (χ0v) is 14.9. The number of nitro groups is 1. The summed E-state index contributed by atoms with van der Waals surface area (Å²) in [6.45, 7) is -1.97. The highest BCUT2D eigenvalue weighted by Gasteiger charge is 2.35. The van der Waals surface area contributed by atoms with E-state index in [2.05, 4.69) is 5.10 Å². The van der Waals surface area contributed by atoms with Crippen molar-refractivity contribution in [1.29, 1.82) is 0 Å². The lowest BCUT2D eigenvalue weighted by molar-refractivity contribution is -0.385. The molecule has 0 saturated carbocycles. The van der Waals surface area contributed by atoms with Crippen molar-refractivity contribution in [1.82, 2.24) is 14.7 Å². The summed E-state index contributed by atoms with van der Waals surface area (Å²) in [7, 11) is 0. The Hall–Kier alpha value is -3.63. The average Bonchev–Trinajstić information content (AvgIpc) is 3.32. The van der Waals surface area contributed by atoms with E-state index in [0.717, 1.165) is 0 Å². The number of para-hydroxylation sites is 1. The van der Waals surface area contributed by atoms with Gasteiger partial charge in [-0.15, -0.1) is 0 Å². The minimum atomic E-state index is -4.69. The van der Waals surface area contributed by atoms with Gasteiger partial charge in [0.1, 0.15) is 12.3 Å². The molecule has 0 radical (unpaired) electrons. The summed E-state index contributed by atoms with van der Waals surface area (Å²) in [5.41, 5.74) is -0.385. The SMILES string of the molecule is O=C(c1ccc(Cn2cccn2)o1)N(Cc1ccccc1[N+](=O)[O-])CC(F)(F)F. The van der Waals surface area contributed by atoms with Gasteiger partial charge in [0, 0.05) is 24.0 Å². The molecule has 8 nitrogen and oxygen atoms in total. The van der Waals surface area contributed by atoms with Crippen molar-refractivity contribution in [3.05, 3.63) is 82.1 Å². The molecule has 0 spiro atoms. The summed E-state index contributed by atoms with van der Waals surface area (Å²) in [4.78, 5) is 23.6. The van der Waals surface area contributed by atoms with Crippen molar-refractivity contribution in [3.63, 3.8) is 0 Å². The topological polar surface area (TPSA) is 94.4 Å². The maximum absolute atomic E-state index is 13.0. The van der Waals surface area contributed by atoms with Gasteiger partial charge >= 0.3 is 6.18 Å². The van der Waals surface area contributed by atoms with Gasteiger partial charge in [0.15, 0.2) is 5.76 Å². The van der Waals surface area contributed by atoms with Crippen LogP contribution in [0.1, 0.15) is 21.9 Å². The first-order valence-electron chi connectivity index (χ1n) is 8.37. The Kier molecular flexibility index (Phi) is 5.66. The van der Waals surface area contributed by atoms with Gasteiger partial charge in [-0.25, -0.2) is 0 Å². The summed E-state index contributed by atoms with van der Waals surface area (Å²) in [6.07, 6.45) is -1.48. The third-order valence-electron chi connectivity index (χ3n) is 3.96. The Balaban J connectivity index is 1.84. The Morgan fingerprint density at radius 2 is 1.97 bits per heavy atom. The second-order valence-electron chi connectivity index (χ2n) is 6.13. The molecule has 0 atom stereocenters. The third kappa shape index (κ3) is 5.21. The Bertz CT molecular complexity index is 999. The smallest absolute Gasteiger partial charge is 0.406 e. The van der Waals surface area contributed by atoms with E-state index in [1.165, 1.54) is 41.1 Å². The fraction of sp³-hybridized carbons (Fsp3) is 0.222. The van der Waals surface area contributed by atoms with E-state index in [1.807, 2.05) is 0 Å². The Labute approximate surface area is 162 Å². The average molecular weight is 408 g/mol. The molecule has 0 N–H and O–H groups in total. The molecule has 29 heavy (non-hydrogen) atoms. The van der Waals surface area contributed by atoms with E-state index in [0.29, 0.717) is 10.7 Å². The molecule has 1 amide bonds. The second kappa shape index (κ2) is 8.17. The number of hydrogen-bond donors (Lipinski definition) is 0. The standard InChI is InChI=1S/C18H15F3N4O4/c19-18(20,21)12-23(10-13-4-1-2-5-15(13)25(27)28)17(26)16-7-6-14(29-16)11-24-9-3-8-22-24/h1-9H,10-12H2. The molecule has 0 saturated heterocycles. The summed E-state index contributed by atoms with van der Waals surface area (Å²) < 4.78 is 46.0. The van der Waals surface area contributed by atoms with Crippen LogP contribution in [0.4, 0.5) is 18.9 Å². The van der Waals surface area contributed by atoms with E-state index < -0.39 is 30.1 Å². The maximum atomic E-state index is 13.0. The number of amides is 1. The number of carbonyl (C=O) groups is 1. The van der Waals surface area contributed by atoms with E-state index in [4.69, 9.17) is 4.42 Å². The summed E-state index contributed by atoms with van der Waals surface area (Å²) in [5, 5.41) is 15.1. The highest BCUT2D eigenvalue weighted by molar-refractivity contribution is 5.91. The number of benzene rings is 1. The monoisotopic (exact) mass is 408 g/mol. The molecule has 2 heterocycles. The fourth-order valence-electron chi connectivity index (χ4n) is 2.73. The predicted octanol–water partition coefficient (Wildman–Crippen LogP) is 3.64. The van der Waals surface area contributed by atoms with Crippen molar-refractivity contribution in [2.75, 3.05) is 6.54 Å². The van der Waals surface area contributed by atoms with Gasteiger partial charge in [-0.3, -0.25) is 19.6 Å². The molecule has 0 unspecified atom stereocenters. The van der Waals surface area contributed by atoms with Crippen LogP contribution >= 0.6 is 0 Å². The Morgan fingerprint density at radius 3 is 2.62 bits per heavy atom. The van der Waals surface area contributed by atoms with Crippen LogP contribution in [0, 0.1) is 10.1 Å². The molecule has 0 bridgehead atoms. The zero-order chi connectivity index (χ0) is 21.0. The van der Waals surface area contributed by atoms with Crippen molar-refractivity contribution >= 4 is 11.6 Å². The van der Waals surface area contributed by atoms with Crippen LogP contribution in [0.15, 0.2) is 59.3 Å². The predicted molar refractivity (Wildman–Crippen MR) is 93.9 cm³/mol. The first-order chi connectivity index (χ1) is 13.7. The number of furan rings is 1. The molecule has 0 aliphatic rings. The van der Waals surface area contributed by atoms with Crippen LogP contribution in [0.2, 0.25) is 0 Å². The zero-order valence-electron chi connectivity index (χ0n) is 14.9. The van der Waals surface area contributed by atoms with Gasteiger partial charge in [-0.05, 0) is 18.2 Å². The number of nitrogens with zero attached hydrogens (tertiary/aromatic N) is 4. The second-order valence-corrected chi connectivity index (χ2v) is 6.13. The van der Waals surface area contributed by atoms with Crippen molar-refractivity contribution in [2.45, 2.75) is 19.3 Å². The molecule has 2 aromatic heterocycles. The highest BCUT2D eigenvalue weighted by Crippen LogP contribution is 2.24. The van der Waals surface area contributed by atoms with Crippen LogP contribution in [0.5, 0.6) is 0 Å². The fourth-order valence-corrected chi connectivity index (χ4v) is 2.73. The van der Waals surface area contributed by atoms with Gasteiger partial charge in [0.2, 0.25) is 0 Å². The molecule has 11 heteroatoms. The largest absolute Gasteiger partial charge is 0.454 e. The molecular formula is C18H15F3N4O4. The lowest BCUT2D eigenvalue weighted by Crippen LogP contribution is -2.38. The minimum Gasteiger partial charge on any atom is -0.454 e. The van der Waals surface area contributed by atoms with Crippen molar-refractivity contribution in [2.24, 2.45) is 0 Å². The number of rotatable bonds is 7. The minimum absolute atomic E-state index is 0.0154. The van der Waals surface area contributed by atoms with Gasteiger partial charge in [0.05, 0.1) is 18.0 Å². The van der Waals surface area contributed by atoms with Crippen molar-refractivity contribution < 1.29 is 27.3 Å². The van der Waals surface area contributed by atoms with E-state index in [-0.39, 0.29) is 23.6 Å². The molecule has 152 valence electrons. The number of alkyl halides is 3. The molecule has 0 fully saturated rings. The molecular weight excluding hydrogens is 393 g/mol. The van der Waals surface area contributed by atoms with Gasteiger partial charge in [0.25, 0.3) is 11.6 Å². The molecule has 3 aromatic rings. The summed E-state index contributed by atoms with van der Waals surface area (Å²) in [6, 6.07) is 9.74. The molecule has 1 aromatic carbocycles.